The van der Waals surface area contributed by atoms with Crippen molar-refractivity contribution in [1.82, 2.24) is 14.9 Å². The van der Waals surface area contributed by atoms with Crippen LogP contribution in [0.4, 0.5) is 5.82 Å². The molecule has 0 bridgehead atoms. The number of likely N-dealkylation sites (N-methyl/N-ethyl adjacent to an activating group) is 1. The Labute approximate surface area is 109 Å². The molecule has 17 heavy (non-hydrogen) atoms. The zero-order chi connectivity index (χ0) is 12.4. The first-order chi connectivity index (χ1) is 8.06. The average molecular weight is 299 g/mol. The molecule has 1 fully saturated rings. The number of carbonyl (C=O) groups is 1. The van der Waals surface area contributed by atoms with Crippen molar-refractivity contribution in [3.63, 3.8) is 0 Å². The van der Waals surface area contributed by atoms with Crippen LogP contribution in [-0.2, 0) is 4.79 Å². The highest BCUT2D eigenvalue weighted by molar-refractivity contribution is 9.10. The first kappa shape index (κ1) is 12.3. The first-order valence-corrected chi connectivity index (χ1v) is 6.34. The maximum Gasteiger partial charge on any atom is 0.241 e. The number of hydrogen-bond donors (Lipinski definition) is 1. The lowest BCUT2D eigenvalue weighted by Crippen LogP contribution is -2.28. The van der Waals surface area contributed by atoms with Crippen LogP contribution in [0.25, 0.3) is 0 Å². The van der Waals surface area contributed by atoms with Gasteiger partial charge in [0.25, 0.3) is 0 Å². The predicted octanol–water partition coefficient (Wildman–Crippen LogP) is 1.62. The molecule has 1 aliphatic carbocycles. The topological polar surface area (TPSA) is 58.1 Å². The SMILES string of the molecule is CN(C)C(=O)CNc1cc(Br)nc(C2CC2)n1. The van der Waals surface area contributed by atoms with Gasteiger partial charge in [-0.15, -0.1) is 0 Å². The van der Waals surface area contributed by atoms with Gasteiger partial charge in [0.2, 0.25) is 5.91 Å². The second-order valence-corrected chi connectivity index (χ2v) is 5.16. The van der Waals surface area contributed by atoms with E-state index < -0.39 is 0 Å². The minimum atomic E-state index is 0.0210. The minimum Gasteiger partial charge on any atom is -0.361 e. The third-order valence-corrected chi connectivity index (χ3v) is 2.98. The summed E-state index contributed by atoms with van der Waals surface area (Å²) >= 11 is 3.36. The van der Waals surface area contributed by atoms with Gasteiger partial charge in [-0.3, -0.25) is 4.79 Å². The van der Waals surface area contributed by atoms with Crippen LogP contribution in [0, 0.1) is 0 Å². The number of carbonyl (C=O) groups excluding carboxylic acids is 1. The highest BCUT2D eigenvalue weighted by atomic mass is 79.9. The van der Waals surface area contributed by atoms with Crippen LogP contribution in [0.2, 0.25) is 0 Å². The van der Waals surface area contributed by atoms with Crippen molar-refractivity contribution >= 4 is 27.7 Å². The van der Waals surface area contributed by atoms with Crippen LogP contribution in [-0.4, -0.2) is 41.4 Å². The van der Waals surface area contributed by atoms with E-state index in [1.807, 2.05) is 0 Å². The lowest BCUT2D eigenvalue weighted by molar-refractivity contribution is -0.126. The first-order valence-electron chi connectivity index (χ1n) is 5.55. The number of halogens is 1. The summed E-state index contributed by atoms with van der Waals surface area (Å²) in [5.74, 6) is 2.08. The number of nitrogens with zero attached hydrogens (tertiary/aromatic N) is 3. The van der Waals surface area contributed by atoms with E-state index in [0.717, 1.165) is 23.3 Å². The standard InChI is InChI=1S/C11H15BrN4O/c1-16(2)10(17)6-13-9-5-8(12)14-11(15-9)7-3-4-7/h5,7H,3-4,6H2,1-2H3,(H,13,14,15). The molecule has 5 nitrogen and oxygen atoms in total. The maximum atomic E-state index is 11.4. The van der Waals surface area contributed by atoms with Crippen molar-refractivity contribution in [2.45, 2.75) is 18.8 Å². The number of amides is 1. The molecule has 1 aromatic rings. The highest BCUT2D eigenvalue weighted by Gasteiger charge is 2.27. The second-order valence-electron chi connectivity index (χ2n) is 4.35. The number of anilines is 1. The van der Waals surface area contributed by atoms with Crippen molar-refractivity contribution < 1.29 is 4.79 Å². The van der Waals surface area contributed by atoms with Crippen LogP contribution in [0.5, 0.6) is 0 Å². The van der Waals surface area contributed by atoms with Crippen LogP contribution in [0.1, 0.15) is 24.6 Å². The van der Waals surface area contributed by atoms with Crippen LogP contribution < -0.4 is 5.32 Å². The Morgan fingerprint density at radius 2 is 2.24 bits per heavy atom. The van der Waals surface area contributed by atoms with Crippen molar-refractivity contribution in [3.05, 3.63) is 16.5 Å². The van der Waals surface area contributed by atoms with E-state index in [1.54, 1.807) is 25.1 Å². The molecular weight excluding hydrogens is 284 g/mol. The van der Waals surface area contributed by atoms with Gasteiger partial charge < -0.3 is 10.2 Å². The summed E-state index contributed by atoms with van der Waals surface area (Å²) in [5, 5.41) is 3.02. The molecule has 1 saturated carbocycles. The van der Waals surface area contributed by atoms with E-state index in [1.165, 1.54) is 0 Å². The Morgan fingerprint density at radius 1 is 1.53 bits per heavy atom. The molecule has 2 rings (SSSR count). The smallest absolute Gasteiger partial charge is 0.241 e. The van der Waals surface area contributed by atoms with Gasteiger partial charge in [-0.1, -0.05) is 0 Å². The molecule has 0 radical (unpaired) electrons. The zero-order valence-corrected chi connectivity index (χ0v) is 11.5. The third-order valence-electron chi connectivity index (χ3n) is 2.57. The van der Waals surface area contributed by atoms with Crippen molar-refractivity contribution in [3.8, 4) is 0 Å². The van der Waals surface area contributed by atoms with E-state index in [0.29, 0.717) is 11.7 Å². The van der Waals surface area contributed by atoms with Crippen molar-refractivity contribution in [2.75, 3.05) is 26.0 Å². The van der Waals surface area contributed by atoms with Crippen molar-refractivity contribution in [2.24, 2.45) is 0 Å². The largest absolute Gasteiger partial charge is 0.361 e. The minimum absolute atomic E-state index is 0.0210. The van der Waals surface area contributed by atoms with Crippen molar-refractivity contribution in [1.29, 1.82) is 0 Å². The van der Waals surface area contributed by atoms with Gasteiger partial charge in [0, 0.05) is 26.1 Å². The van der Waals surface area contributed by atoms with Crippen LogP contribution in [0.3, 0.4) is 0 Å². The summed E-state index contributed by atoms with van der Waals surface area (Å²) in [5.41, 5.74) is 0. The predicted molar refractivity (Wildman–Crippen MR) is 68.9 cm³/mol. The van der Waals surface area contributed by atoms with Gasteiger partial charge in [0.1, 0.15) is 16.2 Å². The lowest BCUT2D eigenvalue weighted by Gasteiger charge is -2.11. The normalized spacial score (nSPS) is 14.5. The molecule has 1 aromatic heterocycles. The molecule has 0 atom stereocenters. The second kappa shape index (κ2) is 5.00. The lowest BCUT2D eigenvalue weighted by atomic mass is 10.4. The zero-order valence-electron chi connectivity index (χ0n) is 9.90. The summed E-state index contributed by atoms with van der Waals surface area (Å²) in [6, 6.07) is 1.79. The molecule has 1 heterocycles. The van der Waals surface area contributed by atoms with Gasteiger partial charge in [0.05, 0.1) is 6.54 Å². The number of hydrogen-bond acceptors (Lipinski definition) is 4. The molecule has 0 saturated heterocycles. The highest BCUT2D eigenvalue weighted by Crippen LogP contribution is 2.38. The molecule has 0 aromatic carbocycles. The summed E-state index contributed by atoms with van der Waals surface area (Å²) in [6.07, 6.45) is 2.32. The van der Waals surface area contributed by atoms with E-state index in [9.17, 15) is 4.79 Å². The number of nitrogens with one attached hydrogen (secondary N) is 1. The average Bonchev–Trinajstić information content (AvgIpc) is 3.08. The van der Waals surface area contributed by atoms with Crippen LogP contribution >= 0.6 is 15.9 Å². The quantitative estimate of drug-likeness (QED) is 0.858. The molecule has 0 unspecified atom stereocenters. The molecule has 6 heteroatoms. The number of aromatic nitrogens is 2. The summed E-state index contributed by atoms with van der Waals surface area (Å²) in [4.78, 5) is 21.7. The van der Waals surface area contributed by atoms with Gasteiger partial charge in [-0.05, 0) is 28.8 Å². The molecule has 1 amide bonds. The Kier molecular flexibility index (Phi) is 3.61. The van der Waals surface area contributed by atoms with E-state index in [-0.39, 0.29) is 12.5 Å². The van der Waals surface area contributed by atoms with Gasteiger partial charge in [-0.25, -0.2) is 9.97 Å². The van der Waals surface area contributed by atoms with E-state index in [4.69, 9.17) is 0 Å². The molecule has 1 N–H and O–H groups in total. The Bertz CT molecular complexity index is 431. The van der Waals surface area contributed by atoms with Gasteiger partial charge in [0.15, 0.2) is 0 Å². The Balaban J connectivity index is 2.02. The summed E-state index contributed by atoms with van der Waals surface area (Å²) < 4.78 is 0.759. The van der Waals surface area contributed by atoms with Crippen LogP contribution in [0.15, 0.2) is 10.7 Å². The Hall–Kier alpha value is -1.17. The fraction of sp³-hybridized carbons (Fsp3) is 0.545. The Morgan fingerprint density at radius 3 is 2.82 bits per heavy atom. The molecule has 92 valence electrons. The molecule has 0 spiro atoms. The maximum absolute atomic E-state index is 11.4. The fourth-order valence-corrected chi connectivity index (χ4v) is 1.77. The molecule has 1 aliphatic rings. The molecular formula is C11H15BrN4O. The summed E-state index contributed by atoms with van der Waals surface area (Å²) in [7, 11) is 3.46. The summed E-state index contributed by atoms with van der Waals surface area (Å²) in [6.45, 7) is 0.251. The van der Waals surface area contributed by atoms with Gasteiger partial charge in [-0.2, -0.15) is 0 Å². The number of rotatable bonds is 4. The van der Waals surface area contributed by atoms with E-state index >= 15 is 0 Å². The monoisotopic (exact) mass is 298 g/mol. The third kappa shape index (κ3) is 3.39. The van der Waals surface area contributed by atoms with E-state index in [2.05, 4.69) is 31.2 Å². The fourth-order valence-electron chi connectivity index (χ4n) is 1.37. The molecule has 0 aliphatic heterocycles. The van der Waals surface area contributed by atoms with Gasteiger partial charge >= 0.3 is 0 Å².